The molecule has 1 N–H and O–H groups in total. The van der Waals surface area contributed by atoms with Crippen LogP contribution in [0.15, 0.2) is 30.5 Å². The van der Waals surface area contributed by atoms with Crippen LogP contribution in [0.4, 0.5) is 0 Å². The molecule has 2 rings (SSSR count). The van der Waals surface area contributed by atoms with Crippen LogP contribution in [0, 0.1) is 0 Å². The van der Waals surface area contributed by atoms with Crippen LogP contribution in [-0.4, -0.2) is 31.2 Å². The third-order valence-electron chi connectivity index (χ3n) is 2.55. The fourth-order valence-electron chi connectivity index (χ4n) is 1.68. The van der Waals surface area contributed by atoms with Gasteiger partial charge in [-0.25, -0.2) is 0 Å². The van der Waals surface area contributed by atoms with E-state index in [-0.39, 0.29) is 5.91 Å². The van der Waals surface area contributed by atoms with Gasteiger partial charge in [0.05, 0.1) is 22.7 Å². The Balaban J connectivity index is 2.33. The SMILES string of the molecule is COCCNC(=O)c1ccc(Cl)c2cccnc12. The fourth-order valence-corrected chi connectivity index (χ4v) is 1.90. The summed E-state index contributed by atoms with van der Waals surface area (Å²) in [6.45, 7) is 0.941. The van der Waals surface area contributed by atoms with Gasteiger partial charge in [0.15, 0.2) is 0 Å². The Morgan fingerprint density at radius 1 is 1.44 bits per heavy atom. The lowest BCUT2D eigenvalue weighted by atomic mass is 10.1. The highest BCUT2D eigenvalue weighted by molar-refractivity contribution is 6.35. The number of fused-ring (bicyclic) bond motifs is 1. The number of rotatable bonds is 4. The van der Waals surface area contributed by atoms with E-state index in [0.717, 1.165) is 5.39 Å². The number of carbonyl (C=O) groups excluding carboxylic acids is 1. The summed E-state index contributed by atoms with van der Waals surface area (Å²) >= 11 is 6.07. The lowest BCUT2D eigenvalue weighted by Gasteiger charge is -2.07. The molecule has 0 aliphatic rings. The Labute approximate surface area is 110 Å². The first-order valence-electron chi connectivity index (χ1n) is 5.54. The normalized spacial score (nSPS) is 10.6. The van der Waals surface area contributed by atoms with E-state index in [1.54, 1.807) is 31.5 Å². The highest BCUT2D eigenvalue weighted by atomic mass is 35.5. The van der Waals surface area contributed by atoms with Crippen molar-refractivity contribution in [3.05, 3.63) is 41.0 Å². The van der Waals surface area contributed by atoms with Crippen molar-refractivity contribution in [3.63, 3.8) is 0 Å². The molecule has 0 radical (unpaired) electrons. The van der Waals surface area contributed by atoms with E-state index in [0.29, 0.717) is 29.3 Å². The highest BCUT2D eigenvalue weighted by Crippen LogP contribution is 2.24. The van der Waals surface area contributed by atoms with E-state index < -0.39 is 0 Å². The van der Waals surface area contributed by atoms with Gasteiger partial charge in [-0.15, -0.1) is 0 Å². The molecule has 1 amide bonds. The van der Waals surface area contributed by atoms with Gasteiger partial charge in [-0.05, 0) is 24.3 Å². The molecule has 0 saturated carbocycles. The van der Waals surface area contributed by atoms with Crippen LogP contribution in [0.5, 0.6) is 0 Å². The van der Waals surface area contributed by atoms with Crippen molar-refractivity contribution >= 4 is 28.4 Å². The maximum absolute atomic E-state index is 12.0. The second kappa shape index (κ2) is 5.80. The van der Waals surface area contributed by atoms with Crippen LogP contribution in [0.2, 0.25) is 5.02 Å². The molecule has 0 aliphatic heterocycles. The molecule has 0 fully saturated rings. The first kappa shape index (κ1) is 12.8. The quantitative estimate of drug-likeness (QED) is 0.862. The number of nitrogens with one attached hydrogen (secondary N) is 1. The number of pyridine rings is 1. The van der Waals surface area contributed by atoms with Gasteiger partial charge >= 0.3 is 0 Å². The van der Waals surface area contributed by atoms with Crippen molar-refractivity contribution in [3.8, 4) is 0 Å². The number of amides is 1. The molecule has 0 saturated heterocycles. The number of methoxy groups -OCH3 is 1. The molecule has 1 heterocycles. The Morgan fingerprint density at radius 2 is 2.28 bits per heavy atom. The Morgan fingerprint density at radius 3 is 3.06 bits per heavy atom. The van der Waals surface area contributed by atoms with Crippen LogP contribution in [0.1, 0.15) is 10.4 Å². The summed E-state index contributed by atoms with van der Waals surface area (Å²) in [6, 6.07) is 7.02. The van der Waals surface area contributed by atoms with Crippen molar-refractivity contribution in [1.82, 2.24) is 10.3 Å². The maximum Gasteiger partial charge on any atom is 0.253 e. The molecule has 1 aromatic heterocycles. The summed E-state index contributed by atoms with van der Waals surface area (Å²) in [5.41, 5.74) is 1.13. The Bertz CT molecular complexity index is 572. The van der Waals surface area contributed by atoms with Gasteiger partial charge in [0.2, 0.25) is 0 Å². The highest BCUT2D eigenvalue weighted by Gasteiger charge is 2.12. The summed E-state index contributed by atoms with van der Waals surface area (Å²) in [5, 5.41) is 4.13. The van der Waals surface area contributed by atoms with Gasteiger partial charge in [-0.3, -0.25) is 9.78 Å². The predicted octanol–water partition coefficient (Wildman–Crippen LogP) is 2.26. The lowest BCUT2D eigenvalue weighted by Crippen LogP contribution is -2.27. The van der Waals surface area contributed by atoms with Crippen LogP contribution < -0.4 is 5.32 Å². The standard InChI is InChI=1S/C13H13ClN2O2/c1-18-8-7-16-13(17)10-4-5-11(14)9-3-2-6-15-12(9)10/h2-6H,7-8H2,1H3,(H,16,17). The summed E-state index contributed by atoms with van der Waals surface area (Å²) in [6.07, 6.45) is 1.64. The molecular weight excluding hydrogens is 252 g/mol. The zero-order valence-electron chi connectivity index (χ0n) is 9.94. The molecule has 0 aliphatic carbocycles. The maximum atomic E-state index is 12.0. The summed E-state index contributed by atoms with van der Waals surface area (Å²) in [4.78, 5) is 16.2. The van der Waals surface area contributed by atoms with Crippen molar-refractivity contribution in [2.24, 2.45) is 0 Å². The van der Waals surface area contributed by atoms with E-state index in [1.165, 1.54) is 0 Å². The average molecular weight is 265 g/mol. The summed E-state index contributed by atoms with van der Waals surface area (Å²) in [5.74, 6) is -0.174. The minimum atomic E-state index is -0.174. The monoisotopic (exact) mass is 264 g/mol. The van der Waals surface area contributed by atoms with Gasteiger partial charge in [0, 0.05) is 25.2 Å². The molecule has 0 unspecified atom stereocenters. The average Bonchev–Trinajstić information content (AvgIpc) is 2.39. The van der Waals surface area contributed by atoms with E-state index in [9.17, 15) is 4.79 Å². The molecule has 5 heteroatoms. The van der Waals surface area contributed by atoms with Gasteiger partial charge < -0.3 is 10.1 Å². The molecule has 0 bridgehead atoms. The molecular formula is C13H13ClN2O2. The second-order valence-electron chi connectivity index (χ2n) is 3.74. The molecule has 18 heavy (non-hydrogen) atoms. The number of halogens is 1. The van der Waals surface area contributed by atoms with Crippen molar-refractivity contribution in [1.29, 1.82) is 0 Å². The van der Waals surface area contributed by atoms with Gasteiger partial charge in [-0.1, -0.05) is 11.6 Å². The lowest BCUT2D eigenvalue weighted by molar-refractivity contribution is 0.0938. The topological polar surface area (TPSA) is 51.2 Å². The van der Waals surface area contributed by atoms with Crippen molar-refractivity contribution in [2.45, 2.75) is 0 Å². The summed E-state index contributed by atoms with van der Waals surface area (Å²) < 4.78 is 4.88. The third-order valence-corrected chi connectivity index (χ3v) is 2.88. The van der Waals surface area contributed by atoms with Crippen LogP contribution in [-0.2, 0) is 4.74 Å². The molecule has 1 aromatic carbocycles. The van der Waals surface area contributed by atoms with Crippen molar-refractivity contribution in [2.75, 3.05) is 20.3 Å². The zero-order chi connectivity index (χ0) is 13.0. The largest absolute Gasteiger partial charge is 0.383 e. The summed E-state index contributed by atoms with van der Waals surface area (Å²) in [7, 11) is 1.59. The number of hydrogen-bond donors (Lipinski definition) is 1. The number of nitrogens with zero attached hydrogens (tertiary/aromatic N) is 1. The van der Waals surface area contributed by atoms with Gasteiger partial charge in [0.25, 0.3) is 5.91 Å². The molecule has 2 aromatic rings. The van der Waals surface area contributed by atoms with E-state index in [1.807, 2.05) is 6.07 Å². The number of benzene rings is 1. The Hall–Kier alpha value is -1.65. The van der Waals surface area contributed by atoms with Gasteiger partial charge in [-0.2, -0.15) is 0 Å². The second-order valence-corrected chi connectivity index (χ2v) is 4.15. The van der Waals surface area contributed by atoms with Gasteiger partial charge in [0.1, 0.15) is 0 Å². The molecule has 0 atom stereocenters. The Kier molecular flexibility index (Phi) is 4.12. The van der Waals surface area contributed by atoms with E-state index in [2.05, 4.69) is 10.3 Å². The smallest absolute Gasteiger partial charge is 0.253 e. The van der Waals surface area contributed by atoms with E-state index in [4.69, 9.17) is 16.3 Å². The third kappa shape index (κ3) is 2.60. The van der Waals surface area contributed by atoms with E-state index >= 15 is 0 Å². The predicted molar refractivity (Wildman–Crippen MR) is 71.0 cm³/mol. The minimum Gasteiger partial charge on any atom is -0.383 e. The number of ether oxygens (including phenoxy) is 1. The minimum absolute atomic E-state index is 0.174. The van der Waals surface area contributed by atoms with Crippen molar-refractivity contribution < 1.29 is 9.53 Å². The molecule has 4 nitrogen and oxygen atoms in total. The zero-order valence-corrected chi connectivity index (χ0v) is 10.7. The molecule has 0 spiro atoms. The first-order chi connectivity index (χ1) is 8.74. The molecule has 94 valence electrons. The van der Waals surface area contributed by atoms with Crippen LogP contribution in [0.3, 0.4) is 0 Å². The van der Waals surface area contributed by atoms with Crippen LogP contribution >= 0.6 is 11.6 Å². The number of aromatic nitrogens is 1. The number of carbonyl (C=O) groups is 1. The fraction of sp³-hybridized carbons (Fsp3) is 0.231. The van der Waals surface area contributed by atoms with Crippen LogP contribution in [0.25, 0.3) is 10.9 Å². The number of hydrogen-bond acceptors (Lipinski definition) is 3. The first-order valence-corrected chi connectivity index (χ1v) is 5.92.